The first-order valence-corrected chi connectivity index (χ1v) is 5.79. The average molecular weight is 286 g/mol. The summed E-state index contributed by atoms with van der Waals surface area (Å²) in [6, 6.07) is 5.69. The molecule has 2 aromatic rings. The third-order valence-electron chi connectivity index (χ3n) is 2.83. The SMILES string of the molecule is COc1cc(CO)ccc1-n1nc(C(F)(F)F)cc1C. The molecule has 0 saturated heterocycles. The molecule has 1 N–H and O–H groups in total. The Hall–Kier alpha value is -2.02. The van der Waals surface area contributed by atoms with Crippen molar-refractivity contribution in [3.05, 3.63) is 41.2 Å². The molecule has 4 nitrogen and oxygen atoms in total. The third-order valence-corrected chi connectivity index (χ3v) is 2.83. The Morgan fingerprint density at radius 2 is 2.00 bits per heavy atom. The molecule has 0 saturated carbocycles. The quantitative estimate of drug-likeness (QED) is 0.943. The lowest BCUT2D eigenvalue weighted by molar-refractivity contribution is -0.141. The predicted octanol–water partition coefficient (Wildman–Crippen LogP) is 2.70. The monoisotopic (exact) mass is 286 g/mol. The Kier molecular flexibility index (Phi) is 3.71. The van der Waals surface area contributed by atoms with E-state index in [1.54, 1.807) is 18.2 Å². The second-order valence-electron chi connectivity index (χ2n) is 4.24. The van der Waals surface area contributed by atoms with Crippen LogP contribution < -0.4 is 4.74 Å². The van der Waals surface area contributed by atoms with Gasteiger partial charge in [-0.3, -0.25) is 0 Å². The number of halogens is 3. The number of aliphatic hydroxyl groups excluding tert-OH is 1. The van der Waals surface area contributed by atoms with Crippen molar-refractivity contribution in [1.29, 1.82) is 0 Å². The van der Waals surface area contributed by atoms with Gasteiger partial charge in [-0.1, -0.05) is 6.07 Å². The zero-order valence-electron chi connectivity index (χ0n) is 10.9. The molecule has 1 heterocycles. The van der Waals surface area contributed by atoms with Crippen LogP contribution >= 0.6 is 0 Å². The van der Waals surface area contributed by atoms with Gasteiger partial charge in [0, 0.05) is 5.69 Å². The number of ether oxygens (including phenoxy) is 1. The molecule has 2 rings (SSSR count). The topological polar surface area (TPSA) is 47.3 Å². The van der Waals surface area contributed by atoms with Gasteiger partial charge >= 0.3 is 6.18 Å². The van der Waals surface area contributed by atoms with Crippen LogP contribution in [0.4, 0.5) is 13.2 Å². The molecule has 7 heteroatoms. The molecular formula is C13H13F3N2O2. The van der Waals surface area contributed by atoms with Gasteiger partial charge in [-0.05, 0) is 30.7 Å². The maximum atomic E-state index is 12.7. The summed E-state index contributed by atoms with van der Waals surface area (Å²) >= 11 is 0. The van der Waals surface area contributed by atoms with Crippen molar-refractivity contribution in [2.24, 2.45) is 0 Å². The highest BCUT2D eigenvalue weighted by Gasteiger charge is 2.34. The van der Waals surface area contributed by atoms with Gasteiger partial charge in [-0.25, -0.2) is 4.68 Å². The van der Waals surface area contributed by atoms with Crippen LogP contribution in [0.2, 0.25) is 0 Å². The molecule has 0 aliphatic carbocycles. The molecule has 1 aromatic carbocycles. The molecular weight excluding hydrogens is 273 g/mol. The van der Waals surface area contributed by atoms with Crippen LogP contribution in [0.3, 0.4) is 0 Å². The van der Waals surface area contributed by atoms with E-state index < -0.39 is 11.9 Å². The van der Waals surface area contributed by atoms with E-state index in [0.29, 0.717) is 22.7 Å². The van der Waals surface area contributed by atoms with Crippen molar-refractivity contribution in [2.75, 3.05) is 7.11 Å². The number of hydrogen-bond donors (Lipinski definition) is 1. The minimum absolute atomic E-state index is 0.178. The fourth-order valence-electron chi connectivity index (χ4n) is 1.85. The van der Waals surface area contributed by atoms with E-state index in [2.05, 4.69) is 5.10 Å². The number of hydrogen-bond acceptors (Lipinski definition) is 3. The molecule has 0 atom stereocenters. The average Bonchev–Trinajstić information content (AvgIpc) is 2.80. The number of aromatic nitrogens is 2. The van der Waals surface area contributed by atoms with Gasteiger partial charge in [0.2, 0.25) is 0 Å². The maximum absolute atomic E-state index is 12.7. The second-order valence-corrected chi connectivity index (χ2v) is 4.24. The van der Waals surface area contributed by atoms with Crippen molar-refractivity contribution in [1.82, 2.24) is 9.78 Å². The molecule has 0 unspecified atom stereocenters. The van der Waals surface area contributed by atoms with E-state index in [1.165, 1.54) is 18.7 Å². The first-order valence-electron chi connectivity index (χ1n) is 5.79. The van der Waals surface area contributed by atoms with E-state index in [4.69, 9.17) is 9.84 Å². The van der Waals surface area contributed by atoms with Crippen molar-refractivity contribution in [3.8, 4) is 11.4 Å². The number of nitrogens with zero attached hydrogens (tertiary/aromatic N) is 2. The van der Waals surface area contributed by atoms with Gasteiger partial charge in [-0.2, -0.15) is 18.3 Å². The van der Waals surface area contributed by atoms with Gasteiger partial charge in [-0.15, -0.1) is 0 Å². The van der Waals surface area contributed by atoms with E-state index in [-0.39, 0.29) is 6.61 Å². The molecule has 0 fully saturated rings. The molecule has 0 aliphatic heterocycles. The maximum Gasteiger partial charge on any atom is 0.435 e. The standard InChI is InChI=1S/C13H13F3N2O2/c1-8-5-12(13(14,15)16)17-18(8)10-4-3-9(7-19)6-11(10)20-2/h3-6,19H,7H2,1-2H3. The Labute approximate surface area is 113 Å². The second kappa shape index (κ2) is 5.16. The van der Waals surface area contributed by atoms with Crippen LogP contribution in [-0.4, -0.2) is 22.0 Å². The molecule has 0 bridgehead atoms. The first kappa shape index (κ1) is 14.4. The Morgan fingerprint density at radius 3 is 2.50 bits per heavy atom. The van der Waals surface area contributed by atoms with Gasteiger partial charge in [0.05, 0.1) is 13.7 Å². The van der Waals surface area contributed by atoms with E-state index in [9.17, 15) is 13.2 Å². The fraction of sp³-hybridized carbons (Fsp3) is 0.308. The zero-order valence-corrected chi connectivity index (χ0v) is 10.9. The van der Waals surface area contributed by atoms with E-state index >= 15 is 0 Å². The fourth-order valence-corrected chi connectivity index (χ4v) is 1.85. The number of benzene rings is 1. The van der Waals surface area contributed by atoms with Gasteiger partial charge in [0.15, 0.2) is 5.69 Å². The lowest BCUT2D eigenvalue weighted by Crippen LogP contribution is -2.08. The number of aliphatic hydroxyl groups is 1. The summed E-state index contributed by atoms with van der Waals surface area (Å²) in [5, 5.41) is 12.6. The highest BCUT2D eigenvalue weighted by Crippen LogP contribution is 2.31. The molecule has 1 aromatic heterocycles. The van der Waals surface area contributed by atoms with Crippen molar-refractivity contribution in [3.63, 3.8) is 0 Å². The highest BCUT2D eigenvalue weighted by molar-refractivity contribution is 5.49. The number of alkyl halides is 3. The highest BCUT2D eigenvalue weighted by atomic mass is 19.4. The summed E-state index contributed by atoms with van der Waals surface area (Å²) in [6.45, 7) is 1.35. The van der Waals surface area contributed by atoms with Gasteiger partial charge in [0.1, 0.15) is 11.4 Å². The summed E-state index contributed by atoms with van der Waals surface area (Å²) in [6.07, 6.45) is -4.49. The molecule has 0 radical (unpaired) electrons. The minimum atomic E-state index is -4.49. The number of rotatable bonds is 3. The van der Waals surface area contributed by atoms with Crippen LogP contribution in [0.5, 0.6) is 5.75 Å². The largest absolute Gasteiger partial charge is 0.494 e. The number of methoxy groups -OCH3 is 1. The van der Waals surface area contributed by atoms with Crippen molar-refractivity contribution >= 4 is 0 Å². The molecule has 108 valence electrons. The Balaban J connectivity index is 2.54. The van der Waals surface area contributed by atoms with E-state index in [1.807, 2.05) is 0 Å². The summed E-state index contributed by atoms with van der Waals surface area (Å²) in [5.74, 6) is 0.344. The predicted molar refractivity (Wildman–Crippen MR) is 65.8 cm³/mol. The summed E-state index contributed by atoms with van der Waals surface area (Å²) < 4.78 is 44.3. The lowest BCUT2D eigenvalue weighted by Gasteiger charge is -2.11. The Bertz CT molecular complexity index is 621. The van der Waals surface area contributed by atoms with Gasteiger partial charge < -0.3 is 9.84 Å². The summed E-state index contributed by atoms with van der Waals surface area (Å²) in [7, 11) is 1.41. The lowest BCUT2D eigenvalue weighted by atomic mass is 10.2. The molecule has 0 spiro atoms. The summed E-state index contributed by atoms with van der Waals surface area (Å²) in [4.78, 5) is 0. The number of aryl methyl sites for hydroxylation is 1. The normalized spacial score (nSPS) is 11.7. The van der Waals surface area contributed by atoms with Crippen LogP contribution in [-0.2, 0) is 12.8 Å². The first-order chi connectivity index (χ1) is 9.36. The van der Waals surface area contributed by atoms with E-state index in [0.717, 1.165) is 6.07 Å². The molecule has 0 aliphatic rings. The third kappa shape index (κ3) is 2.62. The van der Waals surface area contributed by atoms with Gasteiger partial charge in [0.25, 0.3) is 0 Å². The smallest absolute Gasteiger partial charge is 0.435 e. The van der Waals surface area contributed by atoms with Crippen LogP contribution in [0.15, 0.2) is 24.3 Å². The minimum Gasteiger partial charge on any atom is -0.494 e. The molecule has 20 heavy (non-hydrogen) atoms. The van der Waals surface area contributed by atoms with Crippen LogP contribution in [0.1, 0.15) is 17.0 Å². The summed E-state index contributed by atoms with van der Waals surface area (Å²) in [5.41, 5.74) is 0.375. The van der Waals surface area contributed by atoms with Crippen molar-refractivity contribution < 1.29 is 23.0 Å². The van der Waals surface area contributed by atoms with Crippen molar-refractivity contribution in [2.45, 2.75) is 19.7 Å². The van der Waals surface area contributed by atoms with Crippen LogP contribution in [0, 0.1) is 6.92 Å². The zero-order chi connectivity index (χ0) is 14.9. The molecule has 0 amide bonds. The van der Waals surface area contributed by atoms with Crippen LogP contribution in [0.25, 0.3) is 5.69 Å². The Morgan fingerprint density at radius 1 is 1.30 bits per heavy atom.